The summed E-state index contributed by atoms with van der Waals surface area (Å²) in [6, 6.07) is 10.3. The first kappa shape index (κ1) is 21.3. The van der Waals surface area contributed by atoms with E-state index < -0.39 is 4.92 Å². The molecule has 1 fully saturated rings. The third-order valence-electron chi connectivity index (χ3n) is 5.73. The van der Waals surface area contributed by atoms with Gasteiger partial charge in [0.05, 0.1) is 4.92 Å². The van der Waals surface area contributed by atoms with Gasteiger partial charge >= 0.3 is 0 Å². The fourth-order valence-corrected chi connectivity index (χ4v) is 3.73. The summed E-state index contributed by atoms with van der Waals surface area (Å²) in [4.78, 5) is 41.0. The third-order valence-corrected chi connectivity index (χ3v) is 5.73. The molecule has 8 nitrogen and oxygen atoms in total. The maximum Gasteiger partial charge on any atom is 0.293 e. The second-order valence-electron chi connectivity index (χ2n) is 7.54. The molecule has 0 bridgehead atoms. The van der Waals surface area contributed by atoms with Gasteiger partial charge in [0.15, 0.2) is 0 Å². The van der Waals surface area contributed by atoms with Crippen molar-refractivity contribution < 1.29 is 14.5 Å². The number of carbonyl (C=O) groups excluding carboxylic acids is 2. The lowest BCUT2D eigenvalue weighted by molar-refractivity contribution is -0.384. The zero-order valence-corrected chi connectivity index (χ0v) is 17.7. The van der Waals surface area contributed by atoms with E-state index in [1.165, 1.54) is 17.9 Å². The van der Waals surface area contributed by atoms with Gasteiger partial charge in [-0.3, -0.25) is 19.7 Å². The van der Waals surface area contributed by atoms with Crippen LogP contribution in [0.4, 0.5) is 17.1 Å². The number of amides is 2. The van der Waals surface area contributed by atoms with Crippen LogP contribution in [0.3, 0.4) is 0 Å². The Balaban J connectivity index is 1.88. The van der Waals surface area contributed by atoms with Crippen LogP contribution in [0.15, 0.2) is 36.4 Å². The van der Waals surface area contributed by atoms with E-state index in [-0.39, 0.29) is 23.1 Å². The molecule has 0 aromatic heterocycles. The summed E-state index contributed by atoms with van der Waals surface area (Å²) in [6.07, 6.45) is 0. The van der Waals surface area contributed by atoms with Crippen LogP contribution in [0.25, 0.3) is 0 Å². The van der Waals surface area contributed by atoms with Crippen molar-refractivity contribution in [3.8, 4) is 0 Å². The Morgan fingerprint density at radius 2 is 1.73 bits per heavy atom. The SMILES string of the molecule is CC(=O)N1CCN(c2ccc(C(=O)N(C)c3cccc(C)c3C)cc2[N+](=O)[O-])CC1. The fourth-order valence-electron chi connectivity index (χ4n) is 3.73. The minimum Gasteiger partial charge on any atom is -0.362 e. The highest BCUT2D eigenvalue weighted by Crippen LogP contribution is 2.31. The Labute approximate surface area is 175 Å². The number of anilines is 2. The first-order valence-corrected chi connectivity index (χ1v) is 9.84. The van der Waals surface area contributed by atoms with E-state index in [1.54, 1.807) is 24.1 Å². The zero-order chi connectivity index (χ0) is 22.0. The molecule has 0 aliphatic carbocycles. The third kappa shape index (κ3) is 4.12. The first-order chi connectivity index (χ1) is 14.2. The van der Waals surface area contributed by atoms with Crippen LogP contribution in [0.2, 0.25) is 0 Å². The Morgan fingerprint density at radius 1 is 1.07 bits per heavy atom. The topological polar surface area (TPSA) is 87.0 Å². The minimum atomic E-state index is -0.457. The summed E-state index contributed by atoms with van der Waals surface area (Å²) in [5.41, 5.74) is 3.45. The highest BCUT2D eigenvalue weighted by atomic mass is 16.6. The number of carbonyl (C=O) groups is 2. The van der Waals surface area contributed by atoms with E-state index in [4.69, 9.17) is 0 Å². The van der Waals surface area contributed by atoms with Crippen molar-refractivity contribution in [2.75, 3.05) is 43.0 Å². The van der Waals surface area contributed by atoms with Gasteiger partial charge in [-0.05, 0) is 43.2 Å². The molecule has 3 rings (SSSR count). The number of benzene rings is 2. The molecule has 8 heteroatoms. The maximum atomic E-state index is 13.0. The molecule has 1 saturated heterocycles. The van der Waals surface area contributed by atoms with Gasteiger partial charge in [0, 0.05) is 57.5 Å². The summed E-state index contributed by atoms with van der Waals surface area (Å²) < 4.78 is 0. The smallest absolute Gasteiger partial charge is 0.293 e. The number of nitrogens with zero attached hydrogens (tertiary/aromatic N) is 4. The molecular formula is C22H26N4O4. The van der Waals surface area contributed by atoms with Crippen LogP contribution in [-0.2, 0) is 4.79 Å². The van der Waals surface area contributed by atoms with E-state index in [0.717, 1.165) is 16.8 Å². The van der Waals surface area contributed by atoms with Gasteiger partial charge in [-0.2, -0.15) is 0 Å². The van der Waals surface area contributed by atoms with E-state index in [0.29, 0.717) is 31.9 Å². The van der Waals surface area contributed by atoms with Gasteiger partial charge in [0.25, 0.3) is 11.6 Å². The molecule has 2 aromatic rings. The standard InChI is InChI=1S/C22H26N4O4/c1-15-6-5-7-19(16(15)2)23(4)22(28)18-8-9-20(21(14-18)26(29)30)25-12-10-24(11-13-25)17(3)27/h5-9,14H,10-13H2,1-4H3. The van der Waals surface area contributed by atoms with Gasteiger partial charge in [-0.15, -0.1) is 0 Å². The number of nitro benzene ring substituents is 1. The average Bonchev–Trinajstić information content (AvgIpc) is 2.74. The monoisotopic (exact) mass is 410 g/mol. The summed E-state index contributed by atoms with van der Waals surface area (Å²) >= 11 is 0. The summed E-state index contributed by atoms with van der Waals surface area (Å²) in [5.74, 6) is -0.306. The molecule has 2 aromatic carbocycles. The van der Waals surface area contributed by atoms with Gasteiger partial charge in [-0.1, -0.05) is 12.1 Å². The van der Waals surface area contributed by atoms with Crippen molar-refractivity contribution >= 4 is 28.9 Å². The normalized spacial score (nSPS) is 13.9. The van der Waals surface area contributed by atoms with Crippen molar-refractivity contribution in [2.24, 2.45) is 0 Å². The van der Waals surface area contributed by atoms with Crippen molar-refractivity contribution in [2.45, 2.75) is 20.8 Å². The van der Waals surface area contributed by atoms with E-state index in [9.17, 15) is 19.7 Å². The molecule has 0 radical (unpaired) electrons. The molecule has 1 aliphatic rings. The lowest BCUT2D eigenvalue weighted by atomic mass is 10.1. The molecule has 0 saturated carbocycles. The van der Waals surface area contributed by atoms with Crippen LogP contribution < -0.4 is 9.80 Å². The second-order valence-corrected chi connectivity index (χ2v) is 7.54. The van der Waals surface area contributed by atoms with E-state index in [2.05, 4.69) is 0 Å². The maximum absolute atomic E-state index is 13.0. The van der Waals surface area contributed by atoms with E-state index >= 15 is 0 Å². The lowest BCUT2D eigenvalue weighted by Crippen LogP contribution is -2.48. The molecule has 0 unspecified atom stereocenters. The van der Waals surface area contributed by atoms with Crippen molar-refractivity contribution in [1.82, 2.24) is 4.90 Å². The number of rotatable bonds is 4. The van der Waals surface area contributed by atoms with Crippen LogP contribution in [0.1, 0.15) is 28.4 Å². The Morgan fingerprint density at radius 3 is 2.33 bits per heavy atom. The zero-order valence-electron chi connectivity index (χ0n) is 17.7. The number of aryl methyl sites for hydroxylation is 1. The Hall–Kier alpha value is -3.42. The molecule has 1 aliphatic heterocycles. The van der Waals surface area contributed by atoms with Gasteiger partial charge in [0.1, 0.15) is 5.69 Å². The fraction of sp³-hybridized carbons (Fsp3) is 0.364. The molecule has 1 heterocycles. The van der Waals surface area contributed by atoms with Gasteiger partial charge < -0.3 is 14.7 Å². The number of hydrogen-bond donors (Lipinski definition) is 0. The van der Waals surface area contributed by atoms with Crippen LogP contribution in [0.5, 0.6) is 0 Å². The summed E-state index contributed by atoms with van der Waals surface area (Å²) in [7, 11) is 1.67. The predicted octanol–water partition coefficient (Wildman–Crippen LogP) is 3.16. The summed E-state index contributed by atoms with van der Waals surface area (Å²) in [6.45, 7) is 7.49. The van der Waals surface area contributed by atoms with Crippen molar-refractivity contribution in [3.05, 3.63) is 63.2 Å². The highest BCUT2D eigenvalue weighted by Gasteiger charge is 2.27. The molecule has 0 N–H and O–H groups in total. The Bertz CT molecular complexity index is 997. The Kier molecular flexibility index (Phi) is 6.05. The van der Waals surface area contributed by atoms with Gasteiger partial charge in [-0.25, -0.2) is 0 Å². The predicted molar refractivity (Wildman–Crippen MR) is 116 cm³/mol. The van der Waals surface area contributed by atoms with Crippen molar-refractivity contribution in [1.29, 1.82) is 0 Å². The molecule has 30 heavy (non-hydrogen) atoms. The lowest BCUT2D eigenvalue weighted by Gasteiger charge is -2.35. The average molecular weight is 410 g/mol. The van der Waals surface area contributed by atoms with Crippen molar-refractivity contribution in [3.63, 3.8) is 0 Å². The minimum absolute atomic E-state index is 0.000395. The van der Waals surface area contributed by atoms with E-state index in [1.807, 2.05) is 36.9 Å². The number of hydrogen-bond acceptors (Lipinski definition) is 5. The second kappa shape index (κ2) is 8.52. The molecule has 0 spiro atoms. The molecular weight excluding hydrogens is 384 g/mol. The molecule has 0 atom stereocenters. The molecule has 2 amide bonds. The largest absolute Gasteiger partial charge is 0.362 e. The highest BCUT2D eigenvalue weighted by molar-refractivity contribution is 6.07. The molecule has 158 valence electrons. The number of piperazine rings is 1. The van der Waals surface area contributed by atoms with Crippen LogP contribution in [0, 0.1) is 24.0 Å². The quantitative estimate of drug-likeness (QED) is 0.571. The summed E-state index contributed by atoms with van der Waals surface area (Å²) in [5, 5.41) is 11.7. The number of nitro groups is 1. The van der Waals surface area contributed by atoms with Crippen LogP contribution >= 0.6 is 0 Å². The van der Waals surface area contributed by atoms with Gasteiger partial charge in [0.2, 0.25) is 5.91 Å². The first-order valence-electron chi connectivity index (χ1n) is 9.84. The van der Waals surface area contributed by atoms with Crippen LogP contribution in [-0.4, -0.2) is 54.9 Å².